The summed E-state index contributed by atoms with van der Waals surface area (Å²) in [4.78, 5) is 61.8. The van der Waals surface area contributed by atoms with E-state index in [1.807, 2.05) is 0 Å². The molecule has 0 aliphatic carbocycles. The summed E-state index contributed by atoms with van der Waals surface area (Å²) < 4.78 is 0. The van der Waals surface area contributed by atoms with Crippen molar-refractivity contribution >= 4 is 70.3 Å². The molecule has 0 radical (unpaired) electrons. The fourth-order valence-electron chi connectivity index (χ4n) is 3.78. The summed E-state index contributed by atoms with van der Waals surface area (Å²) >= 11 is 13.5. The number of halogens is 2. The normalized spacial score (nSPS) is 15.5. The molecule has 1 heterocycles. The summed E-state index contributed by atoms with van der Waals surface area (Å²) in [6, 6.07) is 9.04. The van der Waals surface area contributed by atoms with Gasteiger partial charge >= 0.3 is 11.9 Å². The first kappa shape index (κ1) is 29.3. The Kier molecular flexibility index (Phi) is 10.4. The highest BCUT2D eigenvalue weighted by atomic mass is 35.5. The molecule has 10 nitrogen and oxygen atoms in total. The van der Waals surface area contributed by atoms with Crippen LogP contribution < -0.4 is 10.6 Å². The molecule has 4 N–H and O–H groups in total. The van der Waals surface area contributed by atoms with Crippen LogP contribution in [0.15, 0.2) is 42.5 Å². The first-order chi connectivity index (χ1) is 18.1. The zero-order valence-corrected chi connectivity index (χ0v) is 22.3. The van der Waals surface area contributed by atoms with Gasteiger partial charge in [-0.1, -0.05) is 41.4 Å². The molecule has 1 fully saturated rings. The minimum atomic E-state index is -1.25. The van der Waals surface area contributed by atoms with E-state index < -0.39 is 35.8 Å². The van der Waals surface area contributed by atoms with E-state index in [2.05, 4.69) is 10.6 Å². The lowest BCUT2D eigenvalue weighted by molar-refractivity contribution is -0.143. The van der Waals surface area contributed by atoms with Gasteiger partial charge in [0.1, 0.15) is 12.1 Å². The van der Waals surface area contributed by atoms with Crippen molar-refractivity contribution in [1.29, 1.82) is 0 Å². The van der Waals surface area contributed by atoms with E-state index in [-0.39, 0.29) is 53.1 Å². The molecular weight excluding hydrogens is 557 g/mol. The van der Waals surface area contributed by atoms with Gasteiger partial charge in [-0.2, -0.15) is 0 Å². The molecule has 0 unspecified atom stereocenters. The van der Waals surface area contributed by atoms with Gasteiger partial charge in [0.05, 0.1) is 21.5 Å². The quantitative estimate of drug-likeness (QED) is 0.314. The van der Waals surface area contributed by atoms with Crippen molar-refractivity contribution in [3.05, 3.63) is 63.6 Å². The van der Waals surface area contributed by atoms with Gasteiger partial charge in [0.25, 0.3) is 5.91 Å². The van der Waals surface area contributed by atoms with Gasteiger partial charge in [-0.25, -0.2) is 4.79 Å². The van der Waals surface area contributed by atoms with Crippen LogP contribution in [0.4, 0.5) is 5.69 Å². The summed E-state index contributed by atoms with van der Waals surface area (Å²) in [6.07, 6.45) is -0.0349. The molecule has 2 aromatic carbocycles. The molecular formula is C25H25Cl2N3O7S. The van der Waals surface area contributed by atoms with E-state index in [1.54, 1.807) is 42.5 Å². The third-order valence-electron chi connectivity index (χ3n) is 5.74. The van der Waals surface area contributed by atoms with Crippen LogP contribution in [0.5, 0.6) is 0 Å². The third-order valence-corrected chi connectivity index (χ3v) is 7.38. The summed E-state index contributed by atoms with van der Waals surface area (Å²) in [5.74, 6) is -3.10. The molecule has 1 aliphatic rings. The standard InChI is InChI=1S/C25H25Cl2N3O7S/c26-16-3-1-4-17(27)22(16)24(35)28-15-9-7-14(8-10-15)11-18(25(36)37)29-23(34)19-12-38-13-30(19)20(31)5-2-6-21(32)33/h1,3-4,7-10,18-19H,2,5-6,11-13H2,(H,28,35)(H,29,34)(H,32,33)(H,36,37)/t18-,19-/m0/s1. The summed E-state index contributed by atoms with van der Waals surface area (Å²) in [5.41, 5.74) is 1.16. The Bertz CT molecular complexity index is 1210. The highest BCUT2D eigenvalue weighted by Gasteiger charge is 2.36. The minimum absolute atomic E-state index is 0.00936. The van der Waals surface area contributed by atoms with E-state index in [4.69, 9.17) is 28.3 Å². The molecule has 202 valence electrons. The Hall–Kier alpha value is -3.28. The number of benzene rings is 2. The smallest absolute Gasteiger partial charge is 0.326 e. The predicted octanol–water partition coefficient (Wildman–Crippen LogP) is 3.51. The van der Waals surface area contributed by atoms with Gasteiger partial charge in [-0.3, -0.25) is 19.2 Å². The molecule has 0 bridgehead atoms. The van der Waals surface area contributed by atoms with Crippen LogP contribution >= 0.6 is 35.0 Å². The molecule has 0 aromatic heterocycles. The van der Waals surface area contributed by atoms with Gasteiger partial charge in [0.15, 0.2) is 0 Å². The zero-order chi connectivity index (χ0) is 27.8. The highest BCUT2D eigenvalue weighted by molar-refractivity contribution is 7.99. The topological polar surface area (TPSA) is 153 Å². The van der Waals surface area contributed by atoms with E-state index in [0.29, 0.717) is 17.0 Å². The van der Waals surface area contributed by atoms with Gasteiger partial charge in [0.2, 0.25) is 11.8 Å². The second kappa shape index (κ2) is 13.5. The number of carbonyl (C=O) groups excluding carboxylic acids is 3. The number of aliphatic carboxylic acids is 2. The van der Waals surface area contributed by atoms with Gasteiger partial charge in [-0.05, 0) is 36.2 Å². The number of amides is 3. The fraction of sp³-hybridized carbons (Fsp3) is 0.320. The maximum atomic E-state index is 12.9. The number of anilines is 1. The van der Waals surface area contributed by atoms with Crippen molar-refractivity contribution in [2.75, 3.05) is 16.9 Å². The van der Waals surface area contributed by atoms with Crippen LogP contribution in [-0.2, 0) is 25.6 Å². The Morgan fingerprint density at radius 3 is 2.26 bits per heavy atom. The first-order valence-electron chi connectivity index (χ1n) is 11.5. The molecule has 2 atom stereocenters. The van der Waals surface area contributed by atoms with Crippen molar-refractivity contribution in [3.63, 3.8) is 0 Å². The molecule has 3 amide bonds. The average Bonchev–Trinajstić information content (AvgIpc) is 3.34. The first-order valence-corrected chi connectivity index (χ1v) is 13.4. The molecule has 1 saturated heterocycles. The summed E-state index contributed by atoms with van der Waals surface area (Å²) in [5, 5.41) is 24.0. The Labute approximate surface area is 232 Å². The second-order valence-corrected chi connectivity index (χ2v) is 10.3. The summed E-state index contributed by atoms with van der Waals surface area (Å²) in [6.45, 7) is 0. The molecule has 3 rings (SSSR count). The molecule has 38 heavy (non-hydrogen) atoms. The molecule has 0 saturated carbocycles. The SMILES string of the molecule is O=C(O)CCCC(=O)N1CSC[C@H]1C(=O)N[C@@H](Cc1ccc(NC(=O)c2c(Cl)cccc2Cl)cc1)C(=O)O. The molecule has 2 aromatic rings. The van der Waals surface area contributed by atoms with Crippen molar-refractivity contribution in [2.45, 2.75) is 37.8 Å². The number of nitrogens with one attached hydrogen (secondary N) is 2. The zero-order valence-electron chi connectivity index (χ0n) is 20.0. The predicted molar refractivity (Wildman–Crippen MR) is 144 cm³/mol. The number of carbonyl (C=O) groups is 5. The van der Waals surface area contributed by atoms with Crippen molar-refractivity contribution in [2.24, 2.45) is 0 Å². The Morgan fingerprint density at radius 2 is 1.66 bits per heavy atom. The van der Waals surface area contributed by atoms with Crippen LogP contribution in [0.25, 0.3) is 0 Å². The average molecular weight is 582 g/mol. The Morgan fingerprint density at radius 1 is 1.00 bits per heavy atom. The molecule has 1 aliphatic heterocycles. The Balaban J connectivity index is 1.60. The van der Waals surface area contributed by atoms with Crippen molar-refractivity contribution in [3.8, 4) is 0 Å². The van der Waals surface area contributed by atoms with Gasteiger partial charge in [-0.15, -0.1) is 11.8 Å². The fourth-order valence-corrected chi connectivity index (χ4v) is 5.53. The highest BCUT2D eigenvalue weighted by Crippen LogP contribution is 2.26. The number of hydrogen-bond donors (Lipinski definition) is 4. The van der Waals surface area contributed by atoms with Crippen molar-refractivity contribution < 1.29 is 34.2 Å². The number of carboxylic acid groups (broad SMARTS) is 2. The minimum Gasteiger partial charge on any atom is -0.481 e. The number of hydrogen-bond acceptors (Lipinski definition) is 6. The van der Waals surface area contributed by atoms with Gasteiger partial charge < -0.3 is 25.7 Å². The van der Waals surface area contributed by atoms with Crippen LogP contribution in [0, 0.1) is 0 Å². The number of carboxylic acids is 2. The maximum Gasteiger partial charge on any atom is 0.326 e. The second-order valence-electron chi connectivity index (χ2n) is 8.48. The van der Waals surface area contributed by atoms with E-state index >= 15 is 0 Å². The molecule has 0 spiro atoms. The van der Waals surface area contributed by atoms with E-state index in [0.717, 1.165) is 0 Å². The van der Waals surface area contributed by atoms with Crippen LogP contribution in [0.1, 0.15) is 35.2 Å². The third kappa shape index (κ3) is 7.86. The van der Waals surface area contributed by atoms with Gasteiger partial charge in [0, 0.05) is 30.7 Å². The van der Waals surface area contributed by atoms with Crippen molar-refractivity contribution in [1.82, 2.24) is 10.2 Å². The van der Waals surface area contributed by atoms with Crippen LogP contribution in [0.3, 0.4) is 0 Å². The monoisotopic (exact) mass is 581 g/mol. The lowest BCUT2D eigenvalue weighted by Crippen LogP contribution is -2.52. The number of nitrogens with zero attached hydrogens (tertiary/aromatic N) is 1. The van der Waals surface area contributed by atoms with Crippen LogP contribution in [0.2, 0.25) is 10.0 Å². The lowest BCUT2D eigenvalue weighted by atomic mass is 10.0. The van der Waals surface area contributed by atoms with Crippen LogP contribution in [-0.4, -0.2) is 68.5 Å². The van der Waals surface area contributed by atoms with E-state index in [9.17, 15) is 29.1 Å². The largest absolute Gasteiger partial charge is 0.481 e. The number of rotatable bonds is 11. The maximum absolute atomic E-state index is 12.9. The van der Waals surface area contributed by atoms with E-state index in [1.165, 1.54) is 16.7 Å². The molecule has 13 heteroatoms. The lowest BCUT2D eigenvalue weighted by Gasteiger charge is -2.25. The summed E-state index contributed by atoms with van der Waals surface area (Å²) in [7, 11) is 0. The number of thioether (sulfide) groups is 1.